The lowest BCUT2D eigenvalue weighted by atomic mass is 9.98. The van der Waals surface area contributed by atoms with Gasteiger partial charge in [0.05, 0.1) is 6.10 Å². The van der Waals surface area contributed by atoms with Crippen LogP contribution < -0.4 is 5.73 Å². The van der Waals surface area contributed by atoms with E-state index in [0.29, 0.717) is 18.7 Å². The van der Waals surface area contributed by atoms with E-state index in [1.165, 1.54) is 12.1 Å². The Balaban J connectivity index is 0.00000180. The predicted octanol–water partition coefficient (Wildman–Crippen LogP) is 2.19. The van der Waals surface area contributed by atoms with Gasteiger partial charge in [-0.25, -0.2) is 4.39 Å². The third kappa shape index (κ3) is 4.42. The first-order chi connectivity index (χ1) is 8.72. The molecule has 2 rings (SSSR count). The van der Waals surface area contributed by atoms with Crippen molar-refractivity contribution in [2.45, 2.75) is 31.5 Å². The van der Waals surface area contributed by atoms with E-state index in [9.17, 15) is 4.39 Å². The van der Waals surface area contributed by atoms with E-state index in [0.717, 1.165) is 31.5 Å². The summed E-state index contributed by atoms with van der Waals surface area (Å²) in [6, 6.07) is 7.05. The molecule has 0 aliphatic carbocycles. The van der Waals surface area contributed by atoms with E-state index >= 15 is 0 Å². The molecule has 2 atom stereocenters. The lowest BCUT2D eigenvalue weighted by Crippen LogP contribution is -2.47. The van der Waals surface area contributed by atoms with Gasteiger partial charge in [-0.1, -0.05) is 12.1 Å². The maximum absolute atomic E-state index is 12.9. The largest absolute Gasteiger partial charge is 0.381 e. The van der Waals surface area contributed by atoms with Crippen LogP contribution >= 0.6 is 12.4 Å². The van der Waals surface area contributed by atoms with Crippen LogP contribution in [0.4, 0.5) is 4.39 Å². The molecule has 1 heterocycles. The Morgan fingerprint density at radius 1 is 1.37 bits per heavy atom. The molecule has 0 saturated carbocycles. The van der Waals surface area contributed by atoms with Crippen molar-refractivity contribution in [2.24, 2.45) is 5.73 Å². The number of hydrogen-bond donors (Lipinski definition) is 1. The van der Waals surface area contributed by atoms with Gasteiger partial charge in [0.1, 0.15) is 5.82 Å². The van der Waals surface area contributed by atoms with Crippen LogP contribution in [0.15, 0.2) is 24.3 Å². The summed E-state index contributed by atoms with van der Waals surface area (Å²) < 4.78 is 18.3. The molecule has 2 unspecified atom stereocenters. The highest BCUT2D eigenvalue weighted by Gasteiger charge is 2.27. The Morgan fingerprint density at radius 2 is 2.05 bits per heavy atom. The Morgan fingerprint density at radius 3 is 2.63 bits per heavy atom. The second kappa shape index (κ2) is 7.80. The first-order valence-electron chi connectivity index (χ1n) is 6.44. The maximum Gasteiger partial charge on any atom is 0.123 e. The van der Waals surface area contributed by atoms with Crippen molar-refractivity contribution in [3.05, 3.63) is 35.6 Å². The van der Waals surface area contributed by atoms with Gasteiger partial charge in [-0.3, -0.25) is 4.90 Å². The number of ether oxygens (including phenoxy) is 1. The van der Waals surface area contributed by atoms with Crippen LogP contribution in [0, 0.1) is 5.82 Å². The fourth-order valence-electron chi connectivity index (χ4n) is 2.55. The Labute approximate surface area is 120 Å². The summed E-state index contributed by atoms with van der Waals surface area (Å²) in [4.78, 5) is 2.36. The highest BCUT2D eigenvalue weighted by atomic mass is 35.5. The van der Waals surface area contributed by atoms with Crippen molar-refractivity contribution in [2.75, 3.05) is 20.2 Å². The standard InChI is InChI=1S/C14H21FN2O.ClH/c1-18-14-6-7-17(13(8-14)9-16)10-11-2-4-12(15)5-3-11;/h2-5,13-14H,6-10,16H2,1H3;1H. The average molecular weight is 289 g/mol. The van der Waals surface area contributed by atoms with Gasteiger partial charge in [0, 0.05) is 32.8 Å². The second-order valence-electron chi connectivity index (χ2n) is 4.87. The van der Waals surface area contributed by atoms with Gasteiger partial charge in [0.15, 0.2) is 0 Å². The third-order valence-electron chi connectivity index (χ3n) is 3.69. The molecule has 0 bridgehead atoms. The van der Waals surface area contributed by atoms with Gasteiger partial charge in [-0.15, -0.1) is 12.4 Å². The van der Waals surface area contributed by atoms with E-state index in [-0.39, 0.29) is 18.2 Å². The molecular formula is C14H22ClFN2O. The Kier molecular flexibility index (Phi) is 6.72. The van der Waals surface area contributed by atoms with Crippen LogP contribution in [0.3, 0.4) is 0 Å². The van der Waals surface area contributed by atoms with Gasteiger partial charge in [-0.05, 0) is 30.5 Å². The molecule has 0 amide bonds. The summed E-state index contributed by atoms with van der Waals surface area (Å²) in [5, 5.41) is 0. The lowest BCUT2D eigenvalue weighted by Gasteiger charge is -2.38. The fourth-order valence-corrected chi connectivity index (χ4v) is 2.55. The Hall–Kier alpha value is -0.680. The molecule has 108 valence electrons. The molecular weight excluding hydrogens is 267 g/mol. The van der Waals surface area contributed by atoms with Crippen molar-refractivity contribution in [3.8, 4) is 0 Å². The normalized spacial score (nSPS) is 23.9. The zero-order valence-corrected chi connectivity index (χ0v) is 12.0. The van der Waals surface area contributed by atoms with Crippen molar-refractivity contribution in [1.82, 2.24) is 4.90 Å². The van der Waals surface area contributed by atoms with Crippen LogP contribution in [0.5, 0.6) is 0 Å². The van der Waals surface area contributed by atoms with Gasteiger partial charge in [0.25, 0.3) is 0 Å². The highest BCUT2D eigenvalue weighted by molar-refractivity contribution is 5.85. The molecule has 3 nitrogen and oxygen atoms in total. The smallest absolute Gasteiger partial charge is 0.123 e. The molecule has 1 saturated heterocycles. The summed E-state index contributed by atoms with van der Waals surface area (Å²) in [6.07, 6.45) is 2.34. The Bertz CT molecular complexity index is 374. The molecule has 0 aromatic heterocycles. The minimum absolute atomic E-state index is 0. The number of likely N-dealkylation sites (tertiary alicyclic amines) is 1. The minimum atomic E-state index is -0.188. The van der Waals surface area contributed by atoms with Gasteiger partial charge in [0.2, 0.25) is 0 Å². The average Bonchev–Trinajstić information content (AvgIpc) is 2.41. The summed E-state index contributed by atoms with van der Waals surface area (Å²) in [5.74, 6) is -0.188. The fraction of sp³-hybridized carbons (Fsp3) is 0.571. The molecule has 0 spiro atoms. The summed E-state index contributed by atoms with van der Waals surface area (Å²) in [5.41, 5.74) is 6.96. The van der Waals surface area contributed by atoms with Crippen molar-refractivity contribution >= 4 is 12.4 Å². The lowest BCUT2D eigenvalue weighted by molar-refractivity contribution is 0.0102. The number of methoxy groups -OCH3 is 1. The highest BCUT2D eigenvalue weighted by Crippen LogP contribution is 2.21. The maximum atomic E-state index is 12.9. The molecule has 0 radical (unpaired) electrons. The van der Waals surface area contributed by atoms with Crippen LogP contribution in [0.1, 0.15) is 18.4 Å². The number of hydrogen-bond acceptors (Lipinski definition) is 3. The molecule has 1 aliphatic heterocycles. The summed E-state index contributed by atoms with van der Waals surface area (Å²) >= 11 is 0. The summed E-state index contributed by atoms with van der Waals surface area (Å²) in [7, 11) is 1.76. The first kappa shape index (κ1) is 16.4. The van der Waals surface area contributed by atoms with Crippen molar-refractivity contribution in [1.29, 1.82) is 0 Å². The van der Waals surface area contributed by atoms with E-state index in [4.69, 9.17) is 10.5 Å². The first-order valence-corrected chi connectivity index (χ1v) is 6.44. The predicted molar refractivity (Wildman–Crippen MR) is 76.9 cm³/mol. The molecule has 1 fully saturated rings. The number of rotatable bonds is 4. The third-order valence-corrected chi connectivity index (χ3v) is 3.69. The zero-order valence-electron chi connectivity index (χ0n) is 11.2. The van der Waals surface area contributed by atoms with Crippen LogP contribution in [0.25, 0.3) is 0 Å². The monoisotopic (exact) mass is 288 g/mol. The molecule has 5 heteroatoms. The minimum Gasteiger partial charge on any atom is -0.381 e. The zero-order chi connectivity index (χ0) is 13.0. The van der Waals surface area contributed by atoms with Gasteiger partial charge >= 0.3 is 0 Å². The number of nitrogens with zero attached hydrogens (tertiary/aromatic N) is 1. The summed E-state index contributed by atoms with van der Waals surface area (Å²) in [6.45, 7) is 2.46. The molecule has 2 N–H and O–H groups in total. The van der Waals surface area contributed by atoms with Crippen LogP contribution in [0.2, 0.25) is 0 Å². The van der Waals surface area contributed by atoms with Crippen LogP contribution in [-0.4, -0.2) is 37.2 Å². The number of benzene rings is 1. The number of piperidine rings is 1. The van der Waals surface area contributed by atoms with Gasteiger partial charge < -0.3 is 10.5 Å². The van der Waals surface area contributed by atoms with Crippen molar-refractivity contribution < 1.29 is 9.13 Å². The second-order valence-corrected chi connectivity index (χ2v) is 4.87. The topological polar surface area (TPSA) is 38.5 Å². The quantitative estimate of drug-likeness (QED) is 0.923. The molecule has 1 aromatic rings. The van der Waals surface area contributed by atoms with Crippen LogP contribution in [-0.2, 0) is 11.3 Å². The van der Waals surface area contributed by atoms with E-state index < -0.39 is 0 Å². The van der Waals surface area contributed by atoms with E-state index in [1.807, 2.05) is 12.1 Å². The number of halogens is 2. The molecule has 19 heavy (non-hydrogen) atoms. The molecule has 1 aliphatic rings. The van der Waals surface area contributed by atoms with Crippen molar-refractivity contribution in [3.63, 3.8) is 0 Å². The van der Waals surface area contributed by atoms with E-state index in [1.54, 1.807) is 7.11 Å². The van der Waals surface area contributed by atoms with E-state index in [2.05, 4.69) is 4.90 Å². The molecule has 1 aromatic carbocycles. The SMILES string of the molecule is COC1CCN(Cc2ccc(F)cc2)C(CN)C1.Cl. The van der Waals surface area contributed by atoms with Gasteiger partial charge in [-0.2, -0.15) is 0 Å². The number of nitrogens with two attached hydrogens (primary N) is 1.